The van der Waals surface area contributed by atoms with Crippen LogP contribution in [0.4, 0.5) is 5.69 Å². The zero-order valence-corrected chi connectivity index (χ0v) is 24.5. The number of methoxy groups -OCH3 is 1. The molecule has 0 spiro atoms. The summed E-state index contributed by atoms with van der Waals surface area (Å²) < 4.78 is 31.9. The highest BCUT2D eigenvalue weighted by Gasteiger charge is 2.30. The minimum Gasteiger partial charge on any atom is -0.497 e. The number of benzene rings is 3. The molecule has 3 aromatic carbocycles. The molecule has 2 amide bonds. The van der Waals surface area contributed by atoms with Gasteiger partial charge in [0, 0.05) is 32.5 Å². The smallest absolute Gasteiger partial charge is 0.243 e. The maximum absolute atomic E-state index is 13.8. The largest absolute Gasteiger partial charge is 0.497 e. The van der Waals surface area contributed by atoms with Crippen LogP contribution in [-0.2, 0) is 32.6 Å². The van der Waals surface area contributed by atoms with E-state index in [1.807, 2.05) is 86.6 Å². The van der Waals surface area contributed by atoms with Gasteiger partial charge >= 0.3 is 0 Å². The first-order valence-corrected chi connectivity index (χ1v) is 15.3. The molecule has 0 heterocycles. The molecule has 0 aliphatic carbocycles. The molecule has 0 radical (unpaired) electrons. The Balaban J connectivity index is 1.88. The highest BCUT2D eigenvalue weighted by atomic mass is 32.2. The Hall–Kier alpha value is -3.85. The van der Waals surface area contributed by atoms with Crippen LogP contribution in [0.5, 0.6) is 5.75 Å². The van der Waals surface area contributed by atoms with Crippen molar-refractivity contribution in [2.45, 2.75) is 45.7 Å². The van der Waals surface area contributed by atoms with E-state index in [9.17, 15) is 18.0 Å². The van der Waals surface area contributed by atoms with Crippen molar-refractivity contribution in [3.8, 4) is 5.75 Å². The van der Waals surface area contributed by atoms with Crippen LogP contribution < -0.4 is 14.4 Å². The fourth-order valence-corrected chi connectivity index (χ4v) is 5.56. The predicted molar refractivity (Wildman–Crippen MR) is 159 cm³/mol. The van der Waals surface area contributed by atoms with E-state index < -0.39 is 16.1 Å². The van der Waals surface area contributed by atoms with Crippen LogP contribution in [0.15, 0.2) is 78.9 Å². The molecule has 1 N–H and O–H groups in total. The number of ether oxygens (including phenoxy) is 1. The quantitative estimate of drug-likeness (QED) is 0.314. The molecule has 40 heavy (non-hydrogen) atoms. The predicted octanol–water partition coefficient (Wildman–Crippen LogP) is 4.33. The molecular weight excluding hydrogens is 526 g/mol. The first kappa shape index (κ1) is 30.7. The SMILES string of the molecule is CCNC(=O)[C@@H](Cc1ccccc1)N(Cc1cccc(OC)c1)C(=O)CCCN(c1cccc(C)c1)S(C)(=O)=O. The highest BCUT2D eigenvalue weighted by Crippen LogP contribution is 2.22. The van der Waals surface area contributed by atoms with Gasteiger partial charge in [-0.25, -0.2) is 8.42 Å². The second kappa shape index (κ2) is 14.5. The Kier molecular flexibility index (Phi) is 11.1. The number of likely N-dealkylation sites (N-methyl/N-ethyl adjacent to an activating group) is 1. The first-order chi connectivity index (χ1) is 19.1. The number of rotatable bonds is 14. The number of carbonyl (C=O) groups excluding carboxylic acids is 2. The van der Waals surface area contributed by atoms with Gasteiger partial charge in [0.05, 0.1) is 19.1 Å². The fraction of sp³-hybridized carbons (Fsp3) is 0.355. The van der Waals surface area contributed by atoms with Crippen LogP contribution in [0, 0.1) is 6.92 Å². The van der Waals surface area contributed by atoms with Crippen molar-refractivity contribution in [1.29, 1.82) is 0 Å². The van der Waals surface area contributed by atoms with Crippen LogP contribution in [0.2, 0.25) is 0 Å². The first-order valence-electron chi connectivity index (χ1n) is 13.4. The molecule has 0 unspecified atom stereocenters. The van der Waals surface area contributed by atoms with Crippen molar-refractivity contribution in [1.82, 2.24) is 10.2 Å². The summed E-state index contributed by atoms with van der Waals surface area (Å²) in [6.45, 7) is 4.53. The van der Waals surface area contributed by atoms with Gasteiger partial charge in [-0.2, -0.15) is 0 Å². The minimum atomic E-state index is -3.56. The van der Waals surface area contributed by atoms with Gasteiger partial charge in [-0.1, -0.05) is 54.6 Å². The third-order valence-corrected chi connectivity index (χ3v) is 7.75. The molecule has 8 nitrogen and oxygen atoms in total. The summed E-state index contributed by atoms with van der Waals surface area (Å²) in [6.07, 6.45) is 1.88. The Morgan fingerprint density at radius 1 is 0.950 bits per heavy atom. The van der Waals surface area contributed by atoms with Gasteiger partial charge in [0.2, 0.25) is 21.8 Å². The molecule has 0 aliphatic rings. The van der Waals surface area contributed by atoms with E-state index in [1.165, 1.54) is 4.31 Å². The second-order valence-corrected chi connectivity index (χ2v) is 11.7. The lowest BCUT2D eigenvalue weighted by Crippen LogP contribution is -2.50. The van der Waals surface area contributed by atoms with E-state index in [1.54, 1.807) is 18.1 Å². The average Bonchev–Trinajstić information content (AvgIpc) is 2.93. The van der Waals surface area contributed by atoms with E-state index in [2.05, 4.69) is 5.32 Å². The zero-order chi connectivity index (χ0) is 29.1. The van der Waals surface area contributed by atoms with Crippen LogP contribution in [0.25, 0.3) is 0 Å². The van der Waals surface area contributed by atoms with E-state index in [0.717, 1.165) is 22.9 Å². The van der Waals surface area contributed by atoms with Crippen LogP contribution >= 0.6 is 0 Å². The molecule has 0 saturated heterocycles. The summed E-state index contributed by atoms with van der Waals surface area (Å²) in [4.78, 5) is 28.7. The Morgan fingerprint density at radius 2 is 1.65 bits per heavy atom. The summed E-state index contributed by atoms with van der Waals surface area (Å²) in [6, 6.07) is 23.5. The standard InChI is InChI=1S/C31H39N3O5S/c1-5-32-31(36)29(22-25-13-7-6-8-14-25)33(23-26-15-10-17-28(21-26)39-3)30(35)18-11-19-34(40(4,37)38)27-16-9-12-24(2)20-27/h6-10,12-17,20-21,29H,5,11,18-19,22-23H2,1-4H3,(H,32,36)/t29-/m1/s1. The average molecular weight is 566 g/mol. The van der Waals surface area contributed by atoms with E-state index >= 15 is 0 Å². The lowest BCUT2D eigenvalue weighted by molar-refractivity contribution is -0.141. The number of hydrogen-bond donors (Lipinski definition) is 1. The van der Waals surface area contributed by atoms with Crippen molar-refractivity contribution < 1.29 is 22.7 Å². The molecular formula is C31H39N3O5S. The van der Waals surface area contributed by atoms with Crippen molar-refractivity contribution in [3.05, 3.63) is 95.6 Å². The summed E-state index contributed by atoms with van der Waals surface area (Å²) in [7, 11) is -1.98. The molecule has 1 atom stereocenters. The third-order valence-electron chi connectivity index (χ3n) is 6.55. The Morgan fingerprint density at radius 3 is 2.30 bits per heavy atom. The molecule has 0 bridgehead atoms. The Labute approximate surface area is 238 Å². The van der Waals surface area contributed by atoms with Crippen molar-refractivity contribution in [2.75, 3.05) is 30.8 Å². The normalized spacial score (nSPS) is 11.9. The molecule has 9 heteroatoms. The van der Waals surface area contributed by atoms with Gasteiger partial charge in [-0.05, 0) is 61.2 Å². The van der Waals surface area contributed by atoms with E-state index in [0.29, 0.717) is 30.8 Å². The molecule has 3 aromatic rings. The number of amides is 2. The van der Waals surface area contributed by atoms with Crippen molar-refractivity contribution in [2.24, 2.45) is 0 Å². The lowest BCUT2D eigenvalue weighted by atomic mass is 10.0. The van der Waals surface area contributed by atoms with Crippen LogP contribution in [0.3, 0.4) is 0 Å². The number of sulfonamides is 1. The van der Waals surface area contributed by atoms with Crippen molar-refractivity contribution in [3.63, 3.8) is 0 Å². The molecule has 0 aliphatic heterocycles. The number of nitrogens with one attached hydrogen (secondary N) is 1. The van der Waals surface area contributed by atoms with Crippen LogP contribution in [-0.4, -0.2) is 57.6 Å². The zero-order valence-electron chi connectivity index (χ0n) is 23.7. The van der Waals surface area contributed by atoms with Gasteiger partial charge in [-0.3, -0.25) is 13.9 Å². The fourth-order valence-electron chi connectivity index (χ4n) is 4.60. The number of hydrogen-bond acceptors (Lipinski definition) is 5. The summed E-state index contributed by atoms with van der Waals surface area (Å²) >= 11 is 0. The molecule has 3 rings (SSSR count). The monoisotopic (exact) mass is 565 g/mol. The van der Waals surface area contributed by atoms with Crippen molar-refractivity contribution >= 4 is 27.5 Å². The molecule has 0 aromatic heterocycles. The van der Waals surface area contributed by atoms with Gasteiger partial charge in [0.25, 0.3) is 0 Å². The maximum Gasteiger partial charge on any atom is 0.243 e. The Bertz CT molecular complexity index is 1380. The second-order valence-electron chi connectivity index (χ2n) is 9.75. The number of anilines is 1. The minimum absolute atomic E-state index is 0.0759. The topological polar surface area (TPSA) is 96.0 Å². The molecule has 0 saturated carbocycles. The van der Waals surface area contributed by atoms with Gasteiger partial charge in [0.15, 0.2) is 0 Å². The maximum atomic E-state index is 13.8. The third kappa shape index (κ3) is 8.84. The van der Waals surface area contributed by atoms with E-state index in [4.69, 9.17) is 4.74 Å². The molecule has 214 valence electrons. The number of nitrogens with zero attached hydrogens (tertiary/aromatic N) is 2. The summed E-state index contributed by atoms with van der Waals surface area (Å²) in [5, 5.41) is 2.89. The van der Waals surface area contributed by atoms with Gasteiger partial charge in [-0.15, -0.1) is 0 Å². The van der Waals surface area contributed by atoms with Gasteiger partial charge in [0.1, 0.15) is 11.8 Å². The number of aryl methyl sites for hydroxylation is 1. The summed E-state index contributed by atoms with van der Waals surface area (Å²) in [5.41, 5.74) is 3.27. The molecule has 0 fully saturated rings. The summed E-state index contributed by atoms with van der Waals surface area (Å²) in [5.74, 6) is 0.192. The highest BCUT2D eigenvalue weighted by molar-refractivity contribution is 7.92. The lowest BCUT2D eigenvalue weighted by Gasteiger charge is -2.32. The van der Waals surface area contributed by atoms with Gasteiger partial charge < -0.3 is 15.0 Å². The van der Waals surface area contributed by atoms with Crippen LogP contribution in [0.1, 0.15) is 36.5 Å². The van der Waals surface area contributed by atoms with E-state index in [-0.39, 0.29) is 31.3 Å². The number of carbonyl (C=O) groups is 2.